The van der Waals surface area contributed by atoms with E-state index in [1.807, 2.05) is 36.6 Å². The van der Waals surface area contributed by atoms with Crippen LogP contribution in [0.15, 0.2) is 35.5 Å². The lowest BCUT2D eigenvalue weighted by Crippen LogP contribution is -2.16. The zero-order chi connectivity index (χ0) is 22.4. The monoisotopic (exact) mass is 478 g/mol. The fourth-order valence-corrected chi connectivity index (χ4v) is 4.88. The molecule has 0 bridgehead atoms. The number of benzene rings is 1. The summed E-state index contributed by atoms with van der Waals surface area (Å²) in [6.07, 6.45) is 0.771. The SMILES string of the molecule is CCOC(=O)c1cc(CC)sc1NC(=O)CSc1nnc(-c2cccc(Cl)c2)n1CC. The molecule has 1 aromatic carbocycles. The number of rotatable bonds is 9. The molecule has 164 valence electrons. The molecule has 0 spiro atoms. The number of nitrogens with zero attached hydrogens (tertiary/aromatic N) is 3. The van der Waals surface area contributed by atoms with Crippen molar-refractivity contribution in [2.24, 2.45) is 0 Å². The molecule has 0 saturated carbocycles. The molecule has 0 aliphatic rings. The van der Waals surface area contributed by atoms with Crippen LogP contribution in [-0.2, 0) is 22.5 Å². The second-order valence-corrected chi connectivity index (χ2v) is 8.94. The van der Waals surface area contributed by atoms with Gasteiger partial charge in [-0.2, -0.15) is 0 Å². The lowest BCUT2D eigenvalue weighted by molar-refractivity contribution is -0.113. The average molecular weight is 479 g/mol. The van der Waals surface area contributed by atoms with Crippen molar-refractivity contribution in [3.05, 3.63) is 45.8 Å². The van der Waals surface area contributed by atoms with Crippen molar-refractivity contribution in [1.82, 2.24) is 14.8 Å². The molecule has 2 heterocycles. The van der Waals surface area contributed by atoms with E-state index in [0.717, 1.165) is 16.9 Å². The van der Waals surface area contributed by atoms with Crippen LogP contribution in [0.25, 0.3) is 11.4 Å². The van der Waals surface area contributed by atoms with Crippen molar-refractivity contribution >= 4 is 51.6 Å². The minimum Gasteiger partial charge on any atom is -0.462 e. The molecule has 1 N–H and O–H groups in total. The minimum atomic E-state index is -0.432. The fourth-order valence-electron chi connectivity index (χ4n) is 2.88. The molecule has 31 heavy (non-hydrogen) atoms. The first-order valence-electron chi connectivity index (χ1n) is 9.88. The number of aromatic nitrogens is 3. The number of thioether (sulfide) groups is 1. The highest BCUT2D eigenvalue weighted by atomic mass is 35.5. The molecule has 0 fully saturated rings. The maximum absolute atomic E-state index is 12.6. The molecule has 10 heteroatoms. The van der Waals surface area contributed by atoms with Gasteiger partial charge in [0.15, 0.2) is 11.0 Å². The lowest BCUT2D eigenvalue weighted by Gasteiger charge is -2.08. The van der Waals surface area contributed by atoms with Crippen LogP contribution in [0.4, 0.5) is 5.00 Å². The van der Waals surface area contributed by atoms with E-state index in [0.29, 0.717) is 33.1 Å². The number of hydrogen-bond acceptors (Lipinski definition) is 7. The highest BCUT2D eigenvalue weighted by Gasteiger charge is 2.20. The van der Waals surface area contributed by atoms with Crippen molar-refractivity contribution in [3.8, 4) is 11.4 Å². The highest BCUT2D eigenvalue weighted by Crippen LogP contribution is 2.30. The summed E-state index contributed by atoms with van der Waals surface area (Å²) in [5, 5.41) is 13.1. The number of hydrogen-bond donors (Lipinski definition) is 1. The summed E-state index contributed by atoms with van der Waals surface area (Å²) in [6.45, 7) is 6.67. The summed E-state index contributed by atoms with van der Waals surface area (Å²) in [5.74, 6) is 0.173. The van der Waals surface area contributed by atoms with Gasteiger partial charge < -0.3 is 14.6 Å². The van der Waals surface area contributed by atoms with Gasteiger partial charge in [0.1, 0.15) is 5.00 Å². The van der Waals surface area contributed by atoms with Crippen molar-refractivity contribution in [2.75, 3.05) is 17.7 Å². The molecule has 0 aliphatic carbocycles. The Labute approximate surface area is 194 Å². The first kappa shape index (κ1) is 23.3. The van der Waals surface area contributed by atoms with Crippen LogP contribution in [0.2, 0.25) is 5.02 Å². The third-order valence-corrected chi connectivity index (χ3v) is 6.72. The summed E-state index contributed by atoms with van der Waals surface area (Å²) < 4.78 is 7.04. The summed E-state index contributed by atoms with van der Waals surface area (Å²) in [5.41, 5.74) is 1.25. The molecular formula is C21H23ClN4O3S2. The van der Waals surface area contributed by atoms with Crippen molar-refractivity contribution in [1.29, 1.82) is 0 Å². The Morgan fingerprint density at radius 2 is 2.03 bits per heavy atom. The summed E-state index contributed by atoms with van der Waals surface area (Å²) >= 11 is 8.77. The van der Waals surface area contributed by atoms with Crippen LogP contribution in [0.3, 0.4) is 0 Å². The van der Waals surface area contributed by atoms with Gasteiger partial charge in [-0.25, -0.2) is 4.79 Å². The number of amides is 1. The maximum atomic E-state index is 12.6. The first-order valence-corrected chi connectivity index (χ1v) is 12.1. The van der Waals surface area contributed by atoms with Gasteiger partial charge in [-0.1, -0.05) is 42.4 Å². The number of halogens is 1. The smallest absolute Gasteiger partial charge is 0.341 e. The third kappa shape index (κ3) is 5.66. The number of nitrogens with one attached hydrogen (secondary N) is 1. The van der Waals surface area contributed by atoms with Crippen LogP contribution >= 0.6 is 34.7 Å². The number of carbonyl (C=O) groups excluding carboxylic acids is 2. The van der Waals surface area contributed by atoms with E-state index >= 15 is 0 Å². The Kier molecular flexibility index (Phi) is 8.11. The third-order valence-electron chi connectivity index (χ3n) is 4.33. The van der Waals surface area contributed by atoms with Crippen LogP contribution in [-0.4, -0.2) is 39.0 Å². The predicted molar refractivity (Wildman–Crippen MR) is 125 cm³/mol. The first-order chi connectivity index (χ1) is 15.0. The Balaban J connectivity index is 1.71. The zero-order valence-electron chi connectivity index (χ0n) is 17.5. The van der Waals surface area contributed by atoms with Gasteiger partial charge in [0.25, 0.3) is 0 Å². The molecule has 0 unspecified atom stereocenters. The molecule has 3 aromatic rings. The predicted octanol–water partition coefficient (Wildman–Crippen LogP) is 5.15. The number of anilines is 1. The molecule has 0 radical (unpaired) electrons. The van der Waals surface area contributed by atoms with Gasteiger partial charge >= 0.3 is 5.97 Å². The molecule has 3 rings (SSSR count). The number of carbonyl (C=O) groups is 2. The molecular weight excluding hydrogens is 456 g/mol. The van der Waals surface area contributed by atoms with E-state index in [-0.39, 0.29) is 18.3 Å². The largest absolute Gasteiger partial charge is 0.462 e. The average Bonchev–Trinajstić information content (AvgIpc) is 3.36. The van der Waals surface area contributed by atoms with Gasteiger partial charge in [0.05, 0.1) is 17.9 Å². The van der Waals surface area contributed by atoms with E-state index in [9.17, 15) is 9.59 Å². The Morgan fingerprint density at radius 1 is 1.23 bits per heavy atom. The van der Waals surface area contributed by atoms with Crippen LogP contribution in [0, 0.1) is 0 Å². The van der Waals surface area contributed by atoms with Crippen LogP contribution < -0.4 is 5.32 Å². The van der Waals surface area contributed by atoms with E-state index in [2.05, 4.69) is 15.5 Å². The Morgan fingerprint density at radius 3 is 2.71 bits per heavy atom. The Hall–Kier alpha value is -2.36. The minimum absolute atomic E-state index is 0.134. The van der Waals surface area contributed by atoms with E-state index in [1.165, 1.54) is 23.1 Å². The van der Waals surface area contributed by atoms with Crippen LogP contribution in [0.1, 0.15) is 36.0 Å². The number of ether oxygens (including phenoxy) is 1. The second-order valence-electron chi connectivity index (χ2n) is 6.43. The number of thiophene rings is 1. The van der Waals surface area contributed by atoms with Gasteiger partial charge in [-0.05, 0) is 38.5 Å². The van der Waals surface area contributed by atoms with E-state index < -0.39 is 5.97 Å². The van der Waals surface area contributed by atoms with Gasteiger partial charge in [-0.15, -0.1) is 21.5 Å². The van der Waals surface area contributed by atoms with Gasteiger partial charge in [0.2, 0.25) is 5.91 Å². The number of aryl methyl sites for hydroxylation is 1. The molecule has 7 nitrogen and oxygen atoms in total. The molecule has 1 amide bonds. The Bertz CT molecular complexity index is 1080. The molecule has 2 aromatic heterocycles. The highest BCUT2D eigenvalue weighted by molar-refractivity contribution is 7.99. The standard InChI is InChI=1S/C21H23ClN4O3S2/c1-4-15-11-16(20(28)29-6-3)19(31-15)23-17(27)12-30-21-25-24-18(26(21)5-2)13-8-7-9-14(22)10-13/h7-11H,4-6,12H2,1-3H3,(H,23,27). The van der Waals surface area contributed by atoms with E-state index in [4.69, 9.17) is 16.3 Å². The van der Waals surface area contributed by atoms with Crippen LogP contribution in [0.5, 0.6) is 0 Å². The summed E-state index contributed by atoms with van der Waals surface area (Å²) in [6, 6.07) is 9.19. The molecule has 0 saturated heterocycles. The molecule has 0 aliphatic heterocycles. The normalized spacial score (nSPS) is 10.8. The lowest BCUT2D eigenvalue weighted by atomic mass is 10.2. The van der Waals surface area contributed by atoms with Gasteiger partial charge in [0, 0.05) is 22.0 Å². The van der Waals surface area contributed by atoms with Crippen molar-refractivity contribution < 1.29 is 14.3 Å². The van der Waals surface area contributed by atoms with Crippen molar-refractivity contribution in [3.63, 3.8) is 0 Å². The number of esters is 1. The summed E-state index contributed by atoms with van der Waals surface area (Å²) in [4.78, 5) is 25.8. The fraction of sp³-hybridized carbons (Fsp3) is 0.333. The summed E-state index contributed by atoms with van der Waals surface area (Å²) in [7, 11) is 0. The van der Waals surface area contributed by atoms with Gasteiger partial charge in [-0.3, -0.25) is 4.79 Å². The van der Waals surface area contributed by atoms with E-state index in [1.54, 1.807) is 19.1 Å². The second kappa shape index (κ2) is 10.8. The van der Waals surface area contributed by atoms with Crippen molar-refractivity contribution in [2.45, 2.75) is 38.9 Å². The topological polar surface area (TPSA) is 86.1 Å². The molecule has 0 atom stereocenters. The maximum Gasteiger partial charge on any atom is 0.341 e. The zero-order valence-corrected chi connectivity index (χ0v) is 19.9. The quantitative estimate of drug-likeness (QED) is 0.338.